The van der Waals surface area contributed by atoms with E-state index in [1.165, 1.54) is 38.5 Å². The number of hydrogen-bond donors (Lipinski definition) is 1. The first-order chi connectivity index (χ1) is 8.81. The van der Waals surface area contributed by atoms with Crippen LogP contribution < -0.4 is 5.32 Å². The molecule has 0 unspecified atom stereocenters. The molecule has 1 aliphatic carbocycles. The van der Waals surface area contributed by atoms with Crippen molar-refractivity contribution in [2.24, 2.45) is 4.99 Å². The molecule has 1 heterocycles. The minimum absolute atomic E-state index is 0. The van der Waals surface area contributed by atoms with Gasteiger partial charge in [-0.05, 0) is 32.7 Å². The van der Waals surface area contributed by atoms with Crippen molar-refractivity contribution in [1.82, 2.24) is 15.1 Å². The summed E-state index contributed by atoms with van der Waals surface area (Å²) in [4.78, 5) is 9.26. The van der Waals surface area contributed by atoms with Gasteiger partial charge in [-0.2, -0.15) is 0 Å². The molecule has 2 rings (SSSR count). The van der Waals surface area contributed by atoms with Crippen molar-refractivity contribution in [3.05, 3.63) is 0 Å². The molecule has 5 heteroatoms. The van der Waals surface area contributed by atoms with Crippen LogP contribution in [0.3, 0.4) is 0 Å². The summed E-state index contributed by atoms with van der Waals surface area (Å²) < 4.78 is 0. The topological polar surface area (TPSA) is 30.9 Å². The minimum atomic E-state index is 0. The van der Waals surface area contributed by atoms with Crippen molar-refractivity contribution >= 4 is 29.9 Å². The molecule has 0 spiro atoms. The molecule has 0 aromatic rings. The van der Waals surface area contributed by atoms with Crippen LogP contribution >= 0.6 is 24.0 Å². The third-order valence-corrected chi connectivity index (χ3v) is 4.31. The van der Waals surface area contributed by atoms with Crippen LogP contribution in [0.15, 0.2) is 4.99 Å². The van der Waals surface area contributed by atoms with Crippen LogP contribution in [0.25, 0.3) is 0 Å². The molecule has 0 radical (unpaired) electrons. The van der Waals surface area contributed by atoms with Crippen LogP contribution in [0.1, 0.15) is 38.5 Å². The third kappa shape index (κ3) is 5.10. The van der Waals surface area contributed by atoms with Gasteiger partial charge in [-0.1, -0.05) is 12.8 Å². The lowest BCUT2D eigenvalue weighted by Gasteiger charge is -2.26. The molecule has 1 N–H and O–H groups in total. The second-order valence-corrected chi connectivity index (χ2v) is 5.59. The number of nitrogens with one attached hydrogen (secondary N) is 1. The Balaban J connectivity index is 0.00000180. The normalized spacial score (nSPS) is 21.0. The third-order valence-electron chi connectivity index (χ3n) is 4.31. The van der Waals surface area contributed by atoms with Gasteiger partial charge < -0.3 is 15.1 Å². The summed E-state index contributed by atoms with van der Waals surface area (Å²) in [6.07, 6.45) is 8.22. The summed E-state index contributed by atoms with van der Waals surface area (Å²) in [5, 5.41) is 3.50. The zero-order valence-corrected chi connectivity index (χ0v) is 14.7. The van der Waals surface area contributed by atoms with Crippen molar-refractivity contribution in [3.63, 3.8) is 0 Å². The molecule has 1 saturated carbocycles. The number of rotatable bonds is 4. The molecule has 0 atom stereocenters. The number of halogens is 1. The van der Waals surface area contributed by atoms with Crippen LogP contribution in [0.5, 0.6) is 0 Å². The van der Waals surface area contributed by atoms with Crippen molar-refractivity contribution in [3.8, 4) is 0 Å². The van der Waals surface area contributed by atoms with Gasteiger partial charge in [0.05, 0.1) is 0 Å². The van der Waals surface area contributed by atoms with Gasteiger partial charge in [0, 0.05) is 39.3 Å². The Kier molecular flexibility index (Phi) is 8.06. The Morgan fingerprint density at radius 3 is 2.42 bits per heavy atom. The zero-order chi connectivity index (χ0) is 12.8. The average Bonchev–Trinajstić information content (AvgIpc) is 3.05. The number of aliphatic imine (C=N–C) groups is 1. The predicted octanol–water partition coefficient (Wildman–Crippen LogP) is 2.15. The Morgan fingerprint density at radius 2 is 1.84 bits per heavy atom. The van der Waals surface area contributed by atoms with E-state index in [9.17, 15) is 0 Å². The molecule has 1 aliphatic heterocycles. The van der Waals surface area contributed by atoms with Gasteiger partial charge in [0.1, 0.15) is 0 Å². The van der Waals surface area contributed by atoms with Gasteiger partial charge in [-0.3, -0.25) is 4.99 Å². The molecule has 1 saturated heterocycles. The molecular formula is C14H29IN4. The summed E-state index contributed by atoms with van der Waals surface area (Å²) in [6, 6.07) is 0.820. The summed E-state index contributed by atoms with van der Waals surface area (Å²) in [6.45, 7) is 4.46. The number of likely N-dealkylation sites (tertiary alicyclic amines) is 1. The van der Waals surface area contributed by atoms with E-state index in [2.05, 4.69) is 27.2 Å². The van der Waals surface area contributed by atoms with E-state index in [-0.39, 0.29) is 24.0 Å². The van der Waals surface area contributed by atoms with Gasteiger partial charge in [0.2, 0.25) is 0 Å². The Morgan fingerprint density at radius 1 is 1.21 bits per heavy atom. The smallest absolute Gasteiger partial charge is 0.193 e. The molecule has 2 aliphatic rings. The fourth-order valence-corrected chi connectivity index (χ4v) is 3.13. The number of nitrogens with zero attached hydrogens (tertiary/aromatic N) is 3. The summed E-state index contributed by atoms with van der Waals surface area (Å²) in [7, 11) is 4.15. The van der Waals surface area contributed by atoms with E-state index >= 15 is 0 Å². The molecule has 0 aromatic carbocycles. The van der Waals surface area contributed by atoms with Crippen molar-refractivity contribution in [2.45, 2.75) is 44.6 Å². The van der Waals surface area contributed by atoms with Gasteiger partial charge in [-0.15, -0.1) is 24.0 Å². The standard InChI is InChI=1S/C14H28N4.HI/c1-15-14(18-10-5-6-11-18)16-9-12-17(2)13-7-3-4-8-13;/h13H,3-12H2,1-2H3,(H,15,16);1H. The fourth-order valence-electron chi connectivity index (χ4n) is 3.13. The van der Waals surface area contributed by atoms with E-state index in [0.717, 1.165) is 38.2 Å². The van der Waals surface area contributed by atoms with E-state index in [1.54, 1.807) is 0 Å². The highest BCUT2D eigenvalue weighted by Gasteiger charge is 2.19. The Bertz CT molecular complexity index is 271. The molecule has 0 bridgehead atoms. The molecule has 4 nitrogen and oxygen atoms in total. The van der Waals surface area contributed by atoms with Crippen LogP contribution in [-0.2, 0) is 0 Å². The van der Waals surface area contributed by atoms with Crippen LogP contribution in [0.2, 0.25) is 0 Å². The Hall–Kier alpha value is -0.0400. The quantitative estimate of drug-likeness (QED) is 0.461. The van der Waals surface area contributed by atoms with Crippen molar-refractivity contribution in [1.29, 1.82) is 0 Å². The monoisotopic (exact) mass is 380 g/mol. The fraction of sp³-hybridized carbons (Fsp3) is 0.929. The summed E-state index contributed by atoms with van der Waals surface area (Å²) in [5.74, 6) is 1.09. The zero-order valence-electron chi connectivity index (χ0n) is 12.4. The maximum Gasteiger partial charge on any atom is 0.193 e. The molecule has 19 heavy (non-hydrogen) atoms. The second kappa shape index (κ2) is 9.00. The van der Waals surface area contributed by atoms with Crippen molar-refractivity contribution < 1.29 is 0 Å². The highest BCUT2D eigenvalue weighted by molar-refractivity contribution is 14.0. The molecular weight excluding hydrogens is 351 g/mol. The number of guanidine groups is 1. The van der Waals surface area contributed by atoms with Gasteiger partial charge in [0.25, 0.3) is 0 Å². The highest BCUT2D eigenvalue weighted by Crippen LogP contribution is 2.21. The largest absolute Gasteiger partial charge is 0.355 e. The average molecular weight is 380 g/mol. The van der Waals surface area contributed by atoms with E-state index in [0.29, 0.717) is 0 Å². The summed E-state index contributed by atoms with van der Waals surface area (Å²) >= 11 is 0. The SMILES string of the molecule is CN=C(NCCN(C)C1CCCC1)N1CCCC1.I. The lowest BCUT2D eigenvalue weighted by atomic mass is 10.2. The molecule has 112 valence electrons. The van der Waals surface area contributed by atoms with E-state index in [4.69, 9.17) is 0 Å². The van der Waals surface area contributed by atoms with Crippen LogP contribution in [-0.4, -0.2) is 62.1 Å². The van der Waals surface area contributed by atoms with Crippen molar-refractivity contribution in [2.75, 3.05) is 40.3 Å². The van der Waals surface area contributed by atoms with Crippen LogP contribution in [0.4, 0.5) is 0 Å². The first-order valence-corrected chi connectivity index (χ1v) is 7.47. The highest BCUT2D eigenvalue weighted by atomic mass is 127. The predicted molar refractivity (Wildman–Crippen MR) is 92.5 cm³/mol. The van der Waals surface area contributed by atoms with Gasteiger partial charge in [0.15, 0.2) is 5.96 Å². The lowest BCUT2D eigenvalue weighted by Crippen LogP contribution is -2.43. The molecule has 0 aromatic heterocycles. The van der Waals surface area contributed by atoms with Gasteiger partial charge >= 0.3 is 0 Å². The lowest BCUT2D eigenvalue weighted by molar-refractivity contribution is 0.248. The summed E-state index contributed by atoms with van der Waals surface area (Å²) in [5.41, 5.74) is 0. The maximum absolute atomic E-state index is 4.38. The first-order valence-electron chi connectivity index (χ1n) is 7.47. The molecule has 2 fully saturated rings. The minimum Gasteiger partial charge on any atom is -0.355 e. The number of hydrogen-bond acceptors (Lipinski definition) is 2. The number of likely N-dealkylation sites (N-methyl/N-ethyl adjacent to an activating group) is 1. The second-order valence-electron chi connectivity index (χ2n) is 5.59. The molecule has 0 amide bonds. The van der Waals surface area contributed by atoms with E-state index < -0.39 is 0 Å². The first kappa shape index (κ1) is 17.0. The Labute approximate surface area is 135 Å². The van der Waals surface area contributed by atoms with Gasteiger partial charge in [-0.25, -0.2) is 0 Å². The van der Waals surface area contributed by atoms with E-state index in [1.807, 2.05) is 7.05 Å². The van der Waals surface area contributed by atoms with Crippen LogP contribution in [0, 0.1) is 0 Å². The maximum atomic E-state index is 4.38.